The smallest absolute Gasteiger partial charge is 0.261 e. The fourth-order valence-electron chi connectivity index (χ4n) is 1.73. The Labute approximate surface area is 121 Å². The van der Waals surface area contributed by atoms with E-state index in [2.05, 4.69) is 4.72 Å². The van der Waals surface area contributed by atoms with Gasteiger partial charge in [-0.25, -0.2) is 17.2 Å². The Kier molecular flexibility index (Phi) is 4.24. The van der Waals surface area contributed by atoms with Gasteiger partial charge in [0.2, 0.25) is 0 Å². The van der Waals surface area contributed by atoms with Gasteiger partial charge >= 0.3 is 0 Å². The first-order valence-electron chi connectivity index (χ1n) is 6.13. The van der Waals surface area contributed by atoms with Crippen LogP contribution in [0.3, 0.4) is 0 Å². The molecule has 0 aliphatic rings. The van der Waals surface area contributed by atoms with Crippen molar-refractivity contribution >= 4 is 15.7 Å². The molecule has 0 saturated heterocycles. The summed E-state index contributed by atoms with van der Waals surface area (Å²) in [5.74, 6) is -1.76. The Hall–Kier alpha value is -1.99. The normalized spacial score (nSPS) is 13.0. The molecule has 112 valence electrons. The lowest BCUT2D eigenvalue weighted by molar-refractivity contribution is 0.583. The van der Waals surface area contributed by atoms with Crippen LogP contribution in [0.5, 0.6) is 0 Å². The third-order valence-electron chi connectivity index (χ3n) is 2.89. The second kappa shape index (κ2) is 5.79. The zero-order chi connectivity index (χ0) is 15.6. The summed E-state index contributed by atoms with van der Waals surface area (Å²) < 4.78 is 52.6. The van der Waals surface area contributed by atoms with Gasteiger partial charge in [0.1, 0.15) is 11.6 Å². The summed E-state index contributed by atoms with van der Waals surface area (Å²) in [6.45, 7) is 1.77. The molecule has 0 amide bonds. The molecule has 3 N–H and O–H groups in total. The minimum atomic E-state index is -3.94. The third-order valence-corrected chi connectivity index (χ3v) is 4.27. The number of nitrogens with one attached hydrogen (secondary N) is 1. The number of anilines is 1. The van der Waals surface area contributed by atoms with Gasteiger partial charge in [0.15, 0.2) is 0 Å². The van der Waals surface area contributed by atoms with Gasteiger partial charge in [-0.2, -0.15) is 0 Å². The van der Waals surface area contributed by atoms with Crippen molar-refractivity contribution in [3.05, 3.63) is 59.7 Å². The van der Waals surface area contributed by atoms with Gasteiger partial charge < -0.3 is 5.73 Å². The average Bonchev–Trinajstić information content (AvgIpc) is 2.42. The zero-order valence-electron chi connectivity index (χ0n) is 11.2. The number of halogens is 2. The standard InChI is InChI=1S/C14H14F2N2O2S/c1-9(17)10-2-5-12(6-3-10)21(19,20)18-14-7-4-11(15)8-13(14)16/h2-9,18H,17H2,1H3. The van der Waals surface area contributed by atoms with Gasteiger partial charge in [-0.15, -0.1) is 0 Å². The molecule has 0 spiro atoms. The molecular weight excluding hydrogens is 298 g/mol. The number of benzene rings is 2. The van der Waals surface area contributed by atoms with Crippen LogP contribution in [0, 0.1) is 11.6 Å². The van der Waals surface area contributed by atoms with Crippen molar-refractivity contribution in [3.63, 3.8) is 0 Å². The maximum atomic E-state index is 13.5. The van der Waals surface area contributed by atoms with E-state index in [0.29, 0.717) is 6.07 Å². The van der Waals surface area contributed by atoms with E-state index in [1.165, 1.54) is 12.1 Å². The molecule has 0 fully saturated rings. The Bertz CT molecular complexity index is 744. The highest BCUT2D eigenvalue weighted by molar-refractivity contribution is 7.92. The minimum Gasteiger partial charge on any atom is -0.324 e. The minimum absolute atomic E-state index is 0.0318. The molecule has 21 heavy (non-hydrogen) atoms. The molecule has 0 bridgehead atoms. The Morgan fingerprint density at radius 1 is 1.10 bits per heavy atom. The van der Waals surface area contributed by atoms with Crippen molar-refractivity contribution in [1.82, 2.24) is 0 Å². The number of hydrogen-bond acceptors (Lipinski definition) is 3. The lowest BCUT2D eigenvalue weighted by Crippen LogP contribution is -2.14. The zero-order valence-corrected chi connectivity index (χ0v) is 12.0. The van der Waals surface area contributed by atoms with E-state index in [0.717, 1.165) is 17.7 Å². The first-order valence-corrected chi connectivity index (χ1v) is 7.61. The Morgan fingerprint density at radius 3 is 2.24 bits per heavy atom. The van der Waals surface area contributed by atoms with Crippen LogP contribution in [0.15, 0.2) is 47.4 Å². The molecule has 0 radical (unpaired) electrons. The maximum Gasteiger partial charge on any atom is 0.261 e. The topological polar surface area (TPSA) is 72.2 Å². The summed E-state index contributed by atoms with van der Waals surface area (Å²) in [4.78, 5) is -0.0318. The fourth-order valence-corrected chi connectivity index (χ4v) is 2.79. The van der Waals surface area contributed by atoms with Crippen molar-refractivity contribution in [3.8, 4) is 0 Å². The molecule has 2 aromatic carbocycles. The van der Waals surface area contributed by atoms with Crippen LogP contribution in [0.4, 0.5) is 14.5 Å². The number of hydrogen-bond donors (Lipinski definition) is 2. The summed E-state index contributed by atoms with van der Waals surface area (Å²) in [5.41, 5.74) is 6.15. The van der Waals surface area contributed by atoms with Gasteiger partial charge in [0, 0.05) is 12.1 Å². The maximum absolute atomic E-state index is 13.5. The highest BCUT2D eigenvalue weighted by Gasteiger charge is 2.16. The first-order chi connectivity index (χ1) is 9.79. The summed E-state index contributed by atoms with van der Waals surface area (Å²) in [6.07, 6.45) is 0. The average molecular weight is 312 g/mol. The SMILES string of the molecule is CC(N)c1ccc(S(=O)(=O)Nc2ccc(F)cc2F)cc1. The van der Waals surface area contributed by atoms with Crippen LogP contribution < -0.4 is 10.5 Å². The van der Waals surface area contributed by atoms with Crippen molar-refractivity contribution in [2.45, 2.75) is 17.9 Å². The molecule has 1 atom stereocenters. The van der Waals surface area contributed by atoms with Crippen molar-refractivity contribution in [2.24, 2.45) is 5.73 Å². The van der Waals surface area contributed by atoms with Crippen molar-refractivity contribution < 1.29 is 17.2 Å². The van der Waals surface area contributed by atoms with E-state index in [-0.39, 0.29) is 16.6 Å². The molecule has 0 aliphatic carbocycles. The van der Waals surface area contributed by atoms with E-state index < -0.39 is 21.7 Å². The lowest BCUT2D eigenvalue weighted by Gasteiger charge is -2.10. The Morgan fingerprint density at radius 2 is 1.71 bits per heavy atom. The molecule has 4 nitrogen and oxygen atoms in total. The van der Waals surface area contributed by atoms with Crippen LogP contribution in [-0.4, -0.2) is 8.42 Å². The van der Waals surface area contributed by atoms with Gasteiger partial charge in [-0.05, 0) is 36.8 Å². The van der Waals surface area contributed by atoms with E-state index in [4.69, 9.17) is 5.73 Å². The molecule has 2 rings (SSSR count). The second-order valence-corrected chi connectivity index (χ2v) is 6.27. The molecule has 2 aromatic rings. The summed E-state index contributed by atoms with van der Waals surface area (Å²) in [7, 11) is -3.94. The molecule has 0 aromatic heterocycles. The van der Waals surface area contributed by atoms with Crippen LogP contribution in [0.25, 0.3) is 0 Å². The predicted molar refractivity (Wildman–Crippen MR) is 76.2 cm³/mol. The predicted octanol–water partition coefficient (Wildman–Crippen LogP) is 2.79. The quantitative estimate of drug-likeness (QED) is 0.912. The van der Waals surface area contributed by atoms with Crippen LogP contribution in [0.1, 0.15) is 18.5 Å². The molecule has 0 aliphatic heterocycles. The molecule has 1 unspecified atom stereocenters. The molecule has 7 heteroatoms. The monoisotopic (exact) mass is 312 g/mol. The third kappa shape index (κ3) is 3.56. The number of sulfonamides is 1. The number of nitrogens with two attached hydrogens (primary N) is 1. The molecule has 0 saturated carbocycles. The lowest BCUT2D eigenvalue weighted by atomic mass is 10.1. The van der Waals surface area contributed by atoms with Crippen LogP contribution >= 0.6 is 0 Å². The molecule has 0 heterocycles. The summed E-state index contributed by atoms with van der Waals surface area (Å²) in [6, 6.07) is 8.31. The van der Waals surface area contributed by atoms with E-state index in [9.17, 15) is 17.2 Å². The summed E-state index contributed by atoms with van der Waals surface area (Å²) in [5, 5.41) is 0. The fraction of sp³-hybridized carbons (Fsp3) is 0.143. The van der Waals surface area contributed by atoms with Crippen molar-refractivity contribution in [2.75, 3.05) is 4.72 Å². The van der Waals surface area contributed by atoms with Gasteiger partial charge in [0.25, 0.3) is 10.0 Å². The number of rotatable bonds is 4. The van der Waals surface area contributed by atoms with Gasteiger partial charge in [-0.3, -0.25) is 4.72 Å². The Balaban J connectivity index is 2.29. The largest absolute Gasteiger partial charge is 0.324 e. The van der Waals surface area contributed by atoms with Gasteiger partial charge in [0.05, 0.1) is 10.6 Å². The highest BCUT2D eigenvalue weighted by atomic mass is 32.2. The second-order valence-electron chi connectivity index (χ2n) is 4.59. The van der Waals surface area contributed by atoms with E-state index in [1.807, 2.05) is 0 Å². The van der Waals surface area contributed by atoms with E-state index in [1.54, 1.807) is 19.1 Å². The first kappa shape index (κ1) is 15.4. The highest BCUT2D eigenvalue weighted by Crippen LogP contribution is 2.21. The van der Waals surface area contributed by atoms with Crippen LogP contribution in [0.2, 0.25) is 0 Å². The van der Waals surface area contributed by atoms with Gasteiger partial charge in [-0.1, -0.05) is 12.1 Å². The summed E-state index contributed by atoms with van der Waals surface area (Å²) >= 11 is 0. The van der Waals surface area contributed by atoms with E-state index >= 15 is 0 Å². The van der Waals surface area contributed by atoms with Crippen molar-refractivity contribution in [1.29, 1.82) is 0 Å². The van der Waals surface area contributed by atoms with Crippen LogP contribution in [-0.2, 0) is 10.0 Å². The molecular formula is C14H14F2N2O2S.